The van der Waals surface area contributed by atoms with Crippen LogP contribution in [0.4, 0.5) is 5.69 Å². The normalized spacial score (nSPS) is 14.1. The van der Waals surface area contributed by atoms with E-state index in [1.807, 2.05) is 47.9 Å². The zero-order valence-corrected chi connectivity index (χ0v) is 22.2. The summed E-state index contributed by atoms with van der Waals surface area (Å²) >= 11 is 6.10. The molecule has 1 aromatic heterocycles. The SMILES string of the molecule is Cc1nc(C2CC2)cn1-c1ccc(-c2cccc(S(C)(=O)=O)c2)cc1N(N)/C(=C\N)c1ccc(Cl)cc1. The van der Waals surface area contributed by atoms with Crippen LogP contribution in [0.15, 0.2) is 84.0 Å². The molecule has 190 valence electrons. The van der Waals surface area contributed by atoms with Crippen LogP contribution in [0.2, 0.25) is 5.02 Å². The number of aryl methyl sites for hydroxylation is 1. The third kappa shape index (κ3) is 5.13. The summed E-state index contributed by atoms with van der Waals surface area (Å²) in [6.07, 6.45) is 7.03. The molecule has 4 aromatic rings. The van der Waals surface area contributed by atoms with Gasteiger partial charge in [0.1, 0.15) is 5.82 Å². The predicted molar refractivity (Wildman–Crippen MR) is 149 cm³/mol. The van der Waals surface area contributed by atoms with E-state index in [1.54, 1.807) is 35.3 Å². The number of sulfone groups is 1. The molecule has 4 N–H and O–H groups in total. The number of imidazole rings is 1. The van der Waals surface area contributed by atoms with Crippen molar-refractivity contribution >= 4 is 32.8 Å². The molecule has 0 radical (unpaired) electrons. The Morgan fingerprint density at radius 1 is 1.08 bits per heavy atom. The van der Waals surface area contributed by atoms with E-state index < -0.39 is 9.84 Å². The minimum Gasteiger partial charge on any atom is -0.403 e. The van der Waals surface area contributed by atoms with Crippen molar-refractivity contribution in [1.82, 2.24) is 9.55 Å². The lowest BCUT2D eigenvalue weighted by Gasteiger charge is -2.26. The second-order valence-electron chi connectivity index (χ2n) is 9.29. The molecule has 1 heterocycles. The van der Waals surface area contributed by atoms with Gasteiger partial charge in [0.05, 0.1) is 27.7 Å². The number of hydrogen-bond acceptors (Lipinski definition) is 6. The third-order valence-electron chi connectivity index (χ3n) is 6.54. The van der Waals surface area contributed by atoms with Crippen LogP contribution in [0, 0.1) is 6.92 Å². The van der Waals surface area contributed by atoms with Crippen LogP contribution in [0.3, 0.4) is 0 Å². The molecule has 1 aliphatic carbocycles. The summed E-state index contributed by atoms with van der Waals surface area (Å²) in [4.78, 5) is 5.04. The van der Waals surface area contributed by atoms with Crippen LogP contribution in [0.1, 0.15) is 35.8 Å². The molecule has 7 nitrogen and oxygen atoms in total. The van der Waals surface area contributed by atoms with Crippen molar-refractivity contribution in [2.24, 2.45) is 11.6 Å². The summed E-state index contributed by atoms with van der Waals surface area (Å²) in [6, 6.07) is 20.0. The Balaban J connectivity index is 1.66. The molecule has 0 saturated heterocycles. The second kappa shape index (κ2) is 9.70. The average Bonchev–Trinajstić information content (AvgIpc) is 3.66. The first kappa shape index (κ1) is 25.1. The molecule has 0 aliphatic heterocycles. The molecular weight excluding hydrogens is 506 g/mol. The van der Waals surface area contributed by atoms with Crippen molar-refractivity contribution in [1.29, 1.82) is 0 Å². The zero-order valence-electron chi connectivity index (χ0n) is 20.6. The zero-order chi connectivity index (χ0) is 26.3. The molecule has 0 atom stereocenters. The topological polar surface area (TPSA) is 107 Å². The Kier molecular flexibility index (Phi) is 6.58. The first-order chi connectivity index (χ1) is 17.7. The van der Waals surface area contributed by atoms with E-state index in [0.29, 0.717) is 22.3 Å². The maximum atomic E-state index is 12.2. The van der Waals surface area contributed by atoms with Gasteiger partial charge in [0.2, 0.25) is 0 Å². The van der Waals surface area contributed by atoms with E-state index in [1.165, 1.54) is 12.5 Å². The summed E-state index contributed by atoms with van der Waals surface area (Å²) in [5, 5.41) is 2.15. The van der Waals surface area contributed by atoms with Crippen molar-refractivity contribution in [3.63, 3.8) is 0 Å². The standard InChI is InChI=1S/C28H28ClN5O2S/c1-18-32-25(19-6-7-19)17-33(18)26-13-10-22(21-4-3-5-24(14-21)37(2,35)36)15-27(26)34(31)28(16-30)20-8-11-23(29)12-9-20/h3-5,8-17,19H,6-7,30-31H2,1-2H3/b28-16-. The van der Waals surface area contributed by atoms with Gasteiger partial charge in [0, 0.05) is 35.2 Å². The number of aromatic nitrogens is 2. The van der Waals surface area contributed by atoms with Crippen molar-refractivity contribution in [3.8, 4) is 16.8 Å². The fourth-order valence-corrected chi connectivity index (χ4v) is 5.18. The van der Waals surface area contributed by atoms with Gasteiger partial charge >= 0.3 is 0 Å². The number of hydrazine groups is 1. The number of anilines is 1. The molecule has 1 saturated carbocycles. The Morgan fingerprint density at radius 2 is 1.78 bits per heavy atom. The molecule has 1 fully saturated rings. The van der Waals surface area contributed by atoms with Gasteiger partial charge in [-0.3, -0.25) is 5.01 Å². The molecule has 0 unspecified atom stereocenters. The van der Waals surface area contributed by atoms with E-state index in [-0.39, 0.29) is 4.90 Å². The highest BCUT2D eigenvalue weighted by Gasteiger charge is 2.27. The van der Waals surface area contributed by atoms with Crippen LogP contribution in [-0.4, -0.2) is 24.2 Å². The lowest BCUT2D eigenvalue weighted by atomic mass is 10.0. The van der Waals surface area contributed by atoms with E-state index in [2.05, 4.69) is 6.20 Å². The molecule has 9 heteroatoms. The monoisotopic (exact) mass is 533 g/mol. The molecule has 1 aliphatic rings. The summed E-state index contributed by atoms with van der Waals surface area (Å²) < 4.78 is 26.4. The van der Waals surface area contributed by atoms with Crippen molar-refractivity contribution < 1.29 is 8.42 Å². The highest BCUT2D eigenvalue weighted by molar-refractivity contribution is 7.90. The molecule has 5 rings (SSSR count). The maximum absolute atomic E-state index is 12.2. The van der Waals surface area contributed by atoms with E-state index in [0.717, 1.165) is 46.7 Å². The first-order valence-electron chi connectivity index (χ1n) is 11.9. The number of nitrogens with two attached hydrogens (primary N) is 2. The smallest absolute Gasteiger partial charge is 0.175 e. The Labute approximate surface area is 221 Å². The molecule has 0 bridgehead atoms. The average molecular weight is 534 g/mol. The number of halogens is 1. The van der Waals surface area contributed by atoms with Crippen LogP contribution < -0.4 is 16.6 Å². The van der Waals surface area contributed by atoms with Crippen molar-refractivity contribution in [2.45, 2.75) is 30.6 Å². The molecule has 37 heavy (non-hydrogen) atoms. The maximum Gasteiger partial charge on any atom is 0.175 e. The fraction of sp³-hybridized carbons (Fsp3) is 0.179. The van der Waals surface area contributed by atoms with Gasteiger partial charge in [-0.2, -0.15) is 0 Å². The van der Waals surface area contributed by atoms with Gasteiger partial charge in [-0.25, -0.2) is 19.2 Å². The summed E-state index contributed by atoms with van der Waals surface area (Å²) in [5.41, 5.74) is 11.6. The number of nitrogens with zero attached hydrogens (tertiary/aromatic N) is 3. The van der Waals surface area contributed by atoms with E-state index in [9.17, 15) is 8.42 Å². The van der Waals surface area contributed by atoms with Crippen LogP contribution in [0.25, 0.3) is 22.5 Å². The van der Waals surface area contributed by atoms with Crippen LogP contribution in [0.5, 0.6) is 0 Å². The van der Waals surface area contributed by atoms with Crippen LogP contribution in [-0.2, 0) is 9.84 Å². The first-order valence-corrected chi connectivity index (χ1v) is 14.2. The van der Waals surface area contributed by atoms with Gasteiger partial charge in [-0.1, -0.05) is 41.9 Å². The minimum atomic E-state index is -3.36. The minimum absolute atomic E-state index is 0.253. The Morgan fingerprint density at radius 3 is 2.43 bits per heavy atom. The highest BCUT2D eigenvalue weighted by Crippen LogP contribution is 2.41. The molecule has 0 spiro atoms. The highest BCUT2D eigenvalue weighted by atomic mass is 35.5. The predicted octanol–water partition coefficient (Wildman–Crippen LogP) is 5.42. The Hall–Kier alpha value is -3.59. The quantitative estimate of drug-likeness (QED) is 0.242. The largest absolute Gasteiger partial charge is 0.403 e. The Bertz CT molecular complexity index is 1610. The van der Waals surface area contributed by atoms with Gasteiger partial charge in [-0.15, -0.1) is 0 Å². The van der Waals surface area contributed by atoms with Gasteiger partial charge < -0.3 is 10.3 Å². The van der Waals surface area contributed by atoms with E-state index in [4.69, 9.17) is 28.2 Å². The number of hydrogen-bond donors (Lipinski definition) is 2. The molecule has 0 amide bonds. The van der Waals surface area contributed by atoms with Gasteiger partial charge in [-0.05, 0) is 67.3 Å². The number of rotatable bonds is 7. The van der Waals surface area contributed by atoms with Crippen molar-refractivity contribution in [3.05, 3.63) is 101 Å². The van der Waals surface area contributed by atoms with Crippen LogP contribution >= 0.6 is 11.6 Å². The second-order valence-corrected chi connectivity index (χ2v) is 11.7. The van der Waals surface area contributed by atoms with Gasteiger partial charge in [0.15, 0.2) is 9.84 Å². The third-order valence-corrected chi connectivity index (χ3v) is 7.91. The van der Waals surface area contributed by atoms with E-state index >= 15 is 0 Å². The summed E-state index contributed by atoms with van der Waals surface area (Å²) in [7, 11) is -3.36. The lowest BCUT2D eigenvalue weighted by Crippen LogP contribution is -2.31. The summed E-state index contributed by atoms with van der Waals surface area (Å²) in [5.74, 6) is 8.11. The summed E-state index contributed by atoms with van der Waals surface area (Å²) in [6.45, 7) is 1.97. The number of benzene rings is 3. The van der Waals surface area contributed by atoms with Crippen molar-refractivity contribution in [2.75, 3.05) is 11.3 Å². The lowest BCUT2D eigenvalue weighted by molar-refractivity contribution is 0.602. The fourth-order valence-electron chi connectivity index (χ4n) is 4.39. The molecular formula is C28H28ClN5O2S. The van der Waals surface area contributed by atoms with Gasteiger partial charge in [0.25, 0.3) is 0 Å². The molecule has 3 aromatic carbocycles.